The molecule has 0 unspecified atom stereocenters. The van der Waals surface area contributed by atoms with Gasteiger partial charge < -0.3 is 5.32 Å². The van der Waals surface area contributed by atoms with Crippen molar-refractivity contribution >= 4 is 15.9 Å². The van der Waals surface area contributed by atoms with Gasteiger partial charge in [-0.25, -0.2) is 4.39 Å². The number of benzene rings is 1. The van der Waals surface area contributed by atoms with E-state index in [0.29, 0.717) is 12.6 Å². The second-order valence-corrected chi connectivity index (χ2v) is 6.96. The van der Waals surface area contributed by atoms with Crippen LogP contribution in [-0.2, 0) is 6.54 Å². The molecular formula is C16H22BrFN2. The van der Waals surface area contributed by atoms with Gasteiger partial charge in [-0.2, -0.15) is 0 Å². The number of hydrogen-bond acceptors (Lipinski definition) is 2. The average Bonchev–Trinajstić information content (AvgIpc) is 3.26. The van der Waals surface area contributed by atoms with Crippen LogP contribution in [0.5, 0.6) is 0 Å². The van der Waals surface area contributed by atoms with E-state index in [1.807, 2.05) is 6.07 Å². The molecule has 1 aromatic carbocycles. The fourth-order valence-corrected chi connectivity index (χ4v) is 3.32. The molecule has 20 heavy (non-hydrogen) atoms. The third-order valence-corrected chi connectivity index (χ3v) is 5.17. The van der Waals surface area contributed by atoms with E-state index < -0.39 is 0 Å². The smallest absolute Gasteiger partial charge is 0.128 e. The number of hydrogen-bond donors (Lipinski definition) is 1. The van der Waals surface area contributed by atoms with Crippen molar-refractivity contribution in [1.29, 1.82) is 0 Å². The van der Waals surface area contributed by atoms with Crippen LogP contribution in [-0.4, -0.2) is 30.6 Å². The summed E-state index contributed by atoms with van der Waals surface area (Å²) in [5, 5.41) is 3.68. The van der Waals surface area contributed by atoms with Crippen molar-refractivity contribution in [3.05, 3.63) is 34.1 Å². The summed E-state index contributed by atoms with van der Waals surface area (Å²) in [6.07, 6.45) is 5.18. The molecule has 0 radical (unpaired) electrons. The minimum Gasteiger partial charge on any atom is -0.314 e. The van der Waals surface area contributed by atoms with Crippen molar-refractivity contribution in [2.75, 3.05) is 19.6 Å². The van der Waals surface area contributed by atoms with Gasteiger partial charge in [0.05, 0.1) is 0 Å². The molecule has 0 amide bonds. The Morgan fingerprint density at radius 3 is 2.60 bits per heavy atom. The van der Waals surface area contributed by atoms with Crippen molar-refractivity contribution in [3.63, 3.8) is 0 Å². The fourth-order valence-electron chi connectivity index (χ4n) is 2.86. The minimum absolute atomic E-state index is 0.103. The molecule has 3 rings (SSSR count). The van der Waals surface area contributed by atoms with Crippen LogP contribution in [0.15, 0.2) is 22.7 Å². The van der Waals surface area contributed by atoms with Crippen molar-refractivity contribution in [3.8, 4) is 0 Å². The number of nitrogens with one attached hydrogen (secondary N) is 1. The average molecular weight is 341 g/mol. The SMILES string of the molecule is Fc1cccc(Br)c1CN1CCC(NCC2CC2)CC1. The molecular weight excluding hydrogens is 319 g/mol. The predicted octanol–water partition coefficient (Wildman–Crippen LogP) is 3.55. The van der Waals surface area contributed by atoms with Crippen LogP contribution >= 0.6 is 15.9 Å². The lowest BCUT2D eigenvalue weighted by atomic mass is 10.0. The zero-order valence-electron chi connectivity index (χ0n) is 11.7. The van der Waals surface area contributed by atoms with E-state index in [0.717, 1.165) is 29.0 Å². The van der Waals surface area contributed by atoms with E-state index in [1.165, 1.54) is 32.2 Å². The zero-order valence-corrected chi connectivity index (χ0v) is 13.3. The van der Waals surface area contributed by atoms with E-state index in [2.05, 4.69) is 26.1 Å². The number of nitrogens with zero attached hydrogens (tertiary/aromatic N) is 1. The quantitative estimate of drug-likeness (QED) is 0.881. The van der Waals surface area contributed by atoms with E-state index >= 15 is 0 Å². The molecule has 1 N–H and O–H groups in total. The molecule has 2 fully saturated rings. The highest BCUT2D eigenvalue weighted by Gasteiger charge is 2.24. The number of likely N-dealkylation sites (tertiary alicyclic amines) is 1. The van der Waals surface area contributed by atoms with E-state index in [-0.39, 0.29) is 5.82 Å². The lowest BCUT2D eigenvalue weighted by Gasteiger charge is -2.32. The van der Waals surface area contributed by atoms with E-state index in [9.17, 15) is 4.39 Å². The van der Waals surface area contributed by atoms with Crippen LogP contribution in [0.1, 0.15) is 31.2 Å². The van der Waals surface area contributed by atoms with Crippen LogP contribution in [0.4, 0.5) is 4.39 Å². The van der Waals surface area contributed by atoms with Gasteiger partial charge in [0.2, 0.25) is 0 Å². The van der Waals surface area contributed by atoms with E-state index in [4.69, 9.17) is 0 Å². The first-order valence-electron chi connectivity index (χ1n) is 7.61. The Morgan fingerprint density at radius 2 is 1.95 bits per heavy atom. The summed E-state index contributed by atoms with van der Waals surface area (Å²) >= 11 is 3.45. The number of halogens is 2. The lowest BCUT2D eigenvalue weighted by molar-refractivity contribution is 0.188. The molecule has 110 valence electrons. The highest BCUT2D eigenvalue weighted by atomic mass is 79.9. The summed E-state index contributed by atoms with van der Waals surface area (Å²) in [4.78, 5) is 2.36. The van der Waals surface area contributed by atoms with Crippen LogP contribution < -0.4 is 5.32 Å². The van der Waals surface area contributed by atoms with E-state index in [1.54, 1.807) is 12.1 Å². The van der Waals surface area contributed by atoms with Crippen molar-refractivity contribution in [1.82, 2.24) is 10.2 Å². The van der Waals surface area contributed by atoms with Gasteiger partial charge in [-0.15, -0.1) is 0 Å². The summed E-state index contributed by atoms with van der Waals surface area (Å²) in [6, 6.07) is 5.87. The number of piperidine rings is 1. The largest absolute Gasteiger partial charge is 0.314 e. The Labute approximate surface area is 128 Å². The molecule has 0 spiro atoms. The third kappa shape index (κ3) is 3.80. The van der Waals surface area contributed by atoms with Gasteiger partial charge in [0.1, 0.15) is 5.82 Å². The molecule has 1 saturated heterocycles. The standard InChI is InChI=1S/C16H22BrFN2/c17-15-2-1-3-16(18)14(15)11-20-8-6-13(7-9-20)19-10-12-4-5-12/h1-3,12-13,19H,4-11H2. The Kier molecular flexibility index (Phi) is 4.74. The first kappa shape index (κ1) is 14.5. The highest BCUT2D eigenvalue weighted by molar-refractivity contribution is 9.10. The van der Waals surface area contributed by atoms with Crippen molar-refractivity contribution < 1.29 is 4.39 Å². The first-order valence-corrected chi connectivity index (χ1v) is 8.40. The Bertz CT molecular complexity index is 434. The Morgan fingerprint density at radius 1 is 1.20 bits per heavy atom. The molecule has 0 aromatic heterocycles. The minimum atomic E-state index is -0.103. The predicted molar refractivity (Wildman–Crippen MR) is 83.1 cm³/mol. The molecule has 1 saturated carbocycles. The molecule has 2 aliphatic rings. The van der Waals surface area contributed by atoms with Gasteiger partial charge in [0.25, 0.3) is 0 Å². The normalized spacial score (nSPS) is 21.3. The molecule has 1 aliphatic carbocycles. The summed E-state index contributed by atoms with van der Waals surface area (Å²) < 4.78 is 14.7. The Hall–Kier alpha value is -0.450. The summed E-state index contributed by atoms with van der Waals surface area (Å²) in [5.74, 6) is 0.843. The second-order valence-electron chi connectivity index (χ2n) is 6.10. The molecule has 1 aromatic rings. The van der Waals surface area contributed by atoms with Crippen LogP contribution in [0.2, 0.25) is 0 Å². The van der Waals surface area contributed by atoms with Crippen LogP contribution in [0.3, 0.4) is 0 Å². The van der Waals surface area contributed by atoms with Crippen molar-refractivity contribution in [2.45, 2.75) is 38.3 Å². The second kappa shape index (κ2) is 6.54. The monoisotopic (exact) mass is 340 g/mol. The van der Waals surface area contributed by atoms with Gasteiger partial charge >= 0.3 is 0 Å². The van der Waals surface area contributed by atoms with Gasteiger partial charge in [-0.05, 0) is 63.4 Å². The summed E-state index contributed by atoms with van der Waals surface area (Å²) in [6.45, 7) is 4.03. The maximum atomic E-state index is 13.8. The van der Waals surface area contributed by atoms with Gasteiger partial charge in [-0.1, -0.05) is 22.0 Å². The molecule has 0 bridgehead atoms. The first-order chi connectivity index (χ1) is 9.72. The molecule has 1 heterocycles. The topological polar surface area (TPSA) is 15.3 Å². The molecule has 0 atom stereocenters. The fraction of sp³-hybridized carbons (Fsp3) is 0.625. The Balaban J connectivity index is 1.48. The highest BCUT2D eigenvalue weighted by Crippen LogP contribution is 2.28. The van der Waals surface area contributed by atoms with Crippen LogP contribution in [0, 0.1) is 11.7 Å². The lowest BCUT2D eigenvalue weighted by Crippen LogP contribution is -2.42. The third-order valence-electron chi connectivity index (χ3n) is 4.42. The van der Waals surface area contributed by atoms with Crippen LogP contribution in [0.25, 0.3) is 0 Å². The molecule has 1 aliphatic heterocycles. The molecule has 4 heteroatoms. The number of rotatable bonds is 5. The summed E-state index contributed by atoms with van der Waals surface area (Å²) in [7, 11) is 0. The summed E-state index contributed by atoms with van der Waals surface area (Å²) in [5.41, 5.74) is 0.789. The molecule has 2 nitrogen and oxygen atoms in total. The van der Waals surface area contributed by atoms with Gasteiger partial charge in [-0.3, -0.25) is 4.90 Å². The van der Waals surface area contributed by atoms with Gasteiger partial charge in [0.15, 0.2) is 0 Å². The van der Waals surface area contributed by atoms with Gasteiger partial charge in [0, 0.05) is 22.6 Å². The van der Waals surface area contributed by atoms with Crippen molar-refractivity contribution in [2.24, 2.45) is 5.92 Å². The zero-order chi connectivity index (χ0) is 13.9. The maximum Gasteiger partial charge on any atom is 0.128 e. The maximum absolute atomic E-state index is 13.8.